The van der Waals surface area contributed by atoms with E-state index in [0.717, 1.165) is 36.9 Å². The summed E-state index contributed by atoms with van der Waals surface area (Å²) in [4.78, 5) is 40.9. The van der Waals surface area contributed by atoms with Crippen molar-refractivity contribution in [3.05, 3.63) is 82.5 Å². The van der Waals surface area contributed by atoms with E-state index in [-0.39, 0.29) is 18.0 Å². The van der Waals surface area contributed by atoms with Gasteiger partial charge in [-0.2, -0.15) is 0 Å². The molecule has 1 aromatic carbocycles. The summed E-state index contributed by atoms with van der Waals surface area (Å²) in [6, 6.07) is 12.3. The van der Waals surface area contributed by atoms with Crippen LogP contribution in [0.15, 0.2) is 65.8 Å². The van der Waals surface area contributed by atoms with Crippen molar-refractivity contribution >= 4 is 17.6 Å². The fourth-order valence-electron chi connectivity index (χ4n) is 4.12. The van der Waals surface area contributed by atoms with Crippen molar-refractivity contribution in [3.63, 3.8) is 0 Å². The first kappa shape index (κ1) is 27.8. The molecule has 3 N–H and O–H groups in total. The summed E-state index contributed by atoms with van der Waals surface area (Å²) < 4.78 is 5.81. The zero-order valence-electron chi connectivity index (χ0n) is 21.4. The van der Waals surface area contributed by atoms with Crippen LogP contribution in [0.25, 0.3) is 11.1 Å². The summed E-state index contributed by atoms with van der Waals surface area (Å²) in [5.74, 6) is -0.867. The summed E-state index contributed by atoms with van der Waals surface area (Å²) in [7, 11) is 1.25. The number of carbonyl (C=O) groups excluding carboxylic acids is 2. The molecule has 1 amide bonds. The largest absolute Gasteiger partial charge is 0.468 e. The Labute approximate surface area is 217 Å². The molecular weight excluding hydrogens is 468 g/mol. The van der Waals surface area contributed by atoms with Crippen molar-refractivity contribution in [2.24, 2.45) is 5.73 Å². The van der Waals surface area contributed by atoms with E-state index in [1.54, 1.807) is 12.3 Å². The lowest BCUT2D eigenvalue weighted by molar-refractivity contribution is -0.141. The van der Waals surface area contributed by atoms with Gasteiger partial charge in [-0.05, 0) is 61.2 Å². The highest BCUT2D eigenvalue weighted by atomic mass is 16.5. The van der Waals surface area contributed by atoms with E-state index in [2.05, 4.69) is 21.1 Å². The standard InChI is InChI=1S/C29H36N4O4/c1-37-28(35)21-33-20-26(13-14-27(33)34)32-29(36)24-12-9-11-23(17-24)25-16-22(18-31-19-25)10-7-5-3-2-4-6-8-15-30/h9,11-14,16-20H,2-8,10,15,21,30H2,1H3,(H,32,36). The lowest BCUT2D eigenvalue weighted by atomic mass is 10.0. The minimum Gasteiger partial charge on any atom is -0.468 e. The molecule has 0 atom stereocenters. The number of unbranched alkanes of at least 4 members (excludes halogenated alkanes) is 6. The molecule has 0 fully saturated rings. The first-order valence-corrected chi connectivity index (χ1v) is 12.8. The highest BCUT2D eigenvalue weighted by molar-refractivity contribution is 6.04. The minimum atomic E-state index is -0.549. The zero-order chi connectivity index (χ0) is 26.5. The first-order chi connectivity index (χ1) is 18.0. The number of nitrogens with zero attached hydrogens (tertiary/aromatic N) is 2. The number of hydrogen-bond acceptors (Lipinski definition) is 6. The van der Waals surface area contributed by atoms with E-state index in [4.69, 9.17) is 5.73 Å². The average molecular weight is 505 g/mol. The van der Waals surface area contributed by atoms with E-state index in [9.17, 15) is 14.4 Å². The Bertz CT molecular complexity index is 1240. The van der Waals surface area contributed by atoms with E-state index < -0.39 is 5.97 Å². The van der Waals surface area contributed by atoms with Gasteiger partial charge in [0.15, 0.2) is 0 Å². The SMILES string of the molecule is COC(=O)Cn1cc(NC(=O)c2cccc(-c3cncc(CCCCCCCCCN)c3)c2)ccc1=O. The van der Waals surface area contributed by atoms with Crippen LogP contribution in [0, 0.1) is 0 Å². The topological polar surface area (TPSA) is 116 Å². The monoisotopic (exact) mass is 504 g/mol. The zero-order valence-corrected chi connectivity index (χ0v) is 21.4. The Balaban J connectivity index is 1.60. The number of rotatable bonds is 14. The maximum absolute atomic E-state index is 12.9. The molecule has 0 saturated heterocycles. The molecule has 37 heavy (non-hydrogen) atoms. The molecule has 3 rings (SSSR count). The number of carbonyl (C=O) groups is 2. The fourth-order valence-corrected chi connectivity index (χ4v) is 4.12. The van der Waals surface area contributed by atoms with E-state index >= 15 is 0 Å². The quantitative estimate of drug-likeness (QED) is 0.245. The van der Waals surface area contributed by atoms with Crippen molar-refractivity contribution in [1.29, 1.82) is 0 Å². The van der Waals surface area contributed by atoms with Gasteiger partial charge in [0.1, 0.15) is 6.54 Å². The second-order valence-electron chi connectivity index (χ2n) is 9.09. The van der Waals surface area contributed by atoms with Gasteiger partial charge < -0.3 is 20.4 Å². The third-order valence-electron chi connectivity index (χ3n) is 6.19. The van der Waals surface area contributed by atoms with Gasteiger partial charge >= 0.3 is 5.97 Å². The predicted molar refractivity (Wildman–Crippen MR) is 145 cm³/mol. The minimum absolute atomic E-state index is 0.230. The Kier molecular flexibility index (Phi) is 11.0. The van der Waals surface area contributed by atoms with Gasteiger partial charge in [-0.15, -0.1) is 0 Å². The van der Waals surface area contributed by atoms with Gasteiger partial charge in [0.2, 0.25) is 0 Å². The molecule has 0 radical (unpaired) electrons. The molecule has 0 aliphatic rings. The molecule has 0 unspecified atom stereocenters. The first-order valence-electron chi connectivity index (χ1n) is 12.8. The van der Waals surface area contributed by atoms with Crippen LogP contribution in [0.5, 0.6) is 0 Å². The Morgan fingerprint density at radius 3 is 2.46 bits per heavy atom. The van der Waals surface area contributed by atoms with Crippen molar-refractivity contribution in [2.45, 2.75) is 57.9 Å². The van der Waals surface area contributed by atoms with Crippen LogP contribution in [0.1, 0.15) is 60.9 Å². The number of esters is 1. The van der Waals surface area contributed by atoms with E-state index in [1.165, 1.54) is 67.7 Å². The highest BCUT2D eigenvalue weighted by Gasteiger charge is 2.11. The Morgan fingerprint density at radius 1 is 0.946 bits per heavy atom. The van der Waals surface area contributed by atoms with Crippen molar-refractivity contribution in [1.82, 2.24) is 9.55 Å². The molecule has 8 heteroatoms. The molecular formula is C29H36N4O4. The number of nitrogens with one attached hydrogen (secondary N) is 1. The lowest BCUT2D eigenvalue weighted by Gasteiger charge is -2.10. The maximum Gasteiger partial charge on any atom is 0.325 e. The number of pyridine rings is 2. The molecule has 2 heterocycles. The second-order valence-corrected chi connectivity index (χ2v) is 9.09. The Morgan fingerprint density at radius 2 is 1.70 bits per heavy atom. The van der Waals surface area contributed by atoms with Crippen molar-refractivity contribution in [3.8, 4) is 11.1 Å². The second kappa shape index (κ2) is 14.7. The predicted octanol–water partition coefficient (Wildman–Crippen LogP) is 4.57. The molecule has 0 saturated carbocycles. The summed E-state index contributed by atoms with van der Waals surface area (Å²) in [5.41, 5.74) is 9.10. The normalized spacial score (nSPS) is 10.8. The molecule has 3 aromatic rings. The number of aromatic nitrogens is 2. The number of amides is 1. The number of hydrogen-bond donors (Lipinski definition) is 2. The summed E-state index contributed by atoms with van der Waals surface area (Å²) in [6.07, 6.45) is 14.6. The number of anilines is 1. The maximum atomic E-state index is 12.9. The van der Waals surface area contributed by atoms with Crippen LogP contribution in [-0.2, 0) is 22.5 Å². The van der Waals surface area contributed by atoms with Gasteiger partial charge in [0.25, 0.3) is 11.5 Å². The van der Waals surface area contributed by atoms with Crippen LogP contribution in [-0.4, -0.2) is 35.1 Å². The van der Waals surface area contributed by atoms with E-state index in [1.807, 2.05) is 24.4 Å². The number of ether oxygens (including phenoxy) is 1. The molecule has 0 aliphatic carbocycles. The van der Waals surface area contributed by atoms with Gasteiger partial charge in [0, 0.05) is 35.8 Å². The summed E-state index contributed by atoms with van der Waals surface area (Å²) in [5, 5.41) is 2.79. The molecule has 0 aliphatic heterocycles. The highest BCUT2D eigenvalue weighted by Crippen LogP contribution is 2.22. The van der Waals surface area contributed by atoms with Gasteiger partial charge in [0.05, 0.1) is 12.8 Å². The third kappa shape index (κ3) is 8.99. The molecule has 0 bridgehead atoms. The summed E-state index contributed by atoms with van der Waals surface area (Å²) in [6.45, 7) is 0.554. The van der Waals surface area contributed by atoms with Crippen molar-refractivity contribution in [2.75, 3.05) is 19.0 Å². The number of nitrogens with two attached hydrogens (primary N) is 1. The third-order valence-corrected chi connectivity index (χ3v) is 6.19. The average Bonchev–Trinajstić information content (AvgIpc) is 2.92. The molecule has 2 aromatic heterocycles. The van der Waals surface area contributed by atoms with Crippen molar-refractivity contribution < 1.29 is 14.3 Å². The molecule has 8 nitrogen and oxygen atoms in total. The van der Waals surface area contributed by atoms with Gasteiger partial charge in [-0.1, -0.05) is 44.2 Å². The van der Waals surface area contributed by atoms with Crippen LogP contribution in [0.4, 0.5) is 5.69 Å². The Hall–Kier alpha value is -3.78. The molecule has 0 spiro atoms. The van der Waals surface area contributed by atoms with Gasteiger partial charge in [-0.3, -0.25) is 19.4 Å². The molecule has 196 valence electrons. The number of methoxy groups -OCH3 is 1. The fraction of sp³-hybridized carbons (Fsp3) is 0.379. The lowest BCUT2D eigenvalue weighted by Crippen LogP contribution is -2.24. The van der Waals surface area contributed by atoms with Gasteiger partial charge in [-0.25, -0.2) is 0 Å². The van der Waals surface area contributed by atoms with Crippen LogP contribution >= 0.6 is 0 Å². The van der Waals surface area contributed by atoms with E-state index in [0.29, 0.717) is 11.3 Å². The number of aryl methyl sites for hydroxylation is 1. The van der Waals surface area contributed by atoms with Crippen LogP contribution in [0.2, 0.25) is 0 Å². The number of benzene rings is 1. The summed E-state index contributed by atoms with van der Waals surface area (Å²) >= 11 is 0. The van der Waals surface area contributed by atoms with Crippen LogP contribution < -0.4 is 16.6 Å². The smallest absolute Gasteiger partial charge is 0.325 e. The van der Waals surface area contributed by atoms with Crippen LogP contribution in [0.3, 0.4) is 0 Å².